The average Bonchev–Trinajstić information content (AvgIpc) is 2.64. The maximum absolute atomic E-state index is 11.6. The molecule has 0 saturated heterocycles. The van der Waals surface area contributed by atoms with Gasteiger partial charge in [-0.15, -0.1) is 0 Å². The standard InChI is InChI=1S/C18H23N5O3/c1-25-10-3-11-26-15-12-13(5-7-16(24)23-18(19)20)4-6-14(15)17-21-8-2-9-22-17/h2,4,6,8-9,12H,3,5,7,10-11H2,1H3,(H4,19,20,23,24). The van der Waals surface area contributed by atoms with Crippen molar-refractivity contribution in [3.8, 4) is 17.1 Å². The van der Waals surface area contributed by atoms with Crippen LogP contribution in [0, 0.1) is 0 Å². The lowest BCUT2D eigenvalue weighted by Crippen LogP contribution is -2.24. The second kappa shape index (κ2) is 10.1. The molecule has 0 unspecified atom stereocenters. The van der Waals surface area contributed by atoms with Crippen LogP contribution in [0.15, 0.2) is 41.7 Å². The van der Waals surface area contributed by atoms with Crippen LogP contribution in [0.3, 0.4) is 0 Å². The van der Waals surface area contributed by atoms with Crippen LogP contribution >= 0.6 is 0 Å². The lowest BCUT2D eigenvalue weighted by molar-refractivity contribution is -0.117. The Kier molecular flexibility index (Phi) is 7.50. The zero-order chi connectivity index (χ0) is 18.8. The van der Waals surface area contributed by atoms with Gasteiger partial charge in [-0.25, -0.2) is 9.97 Å². The fraction of sp³-hybridized carbons (Fsp3) is 0.333. The molecule has 0 saturated carbocycles. The number of amides is 1. The van der Waals surface area contributed by atoms with E-state index in [1.54, 1.807) is 25.6 Å². The van der Waals surface area contributed by atoms with Gasteiger partial charge in [0.25, 0.3) is 0 Å². The zero-order valence-corrected chi connectivity index (χ0v) is 14.7. The summed E-state index contributed by atoms with van der Waals surface area (Å²) in [6.07, 6.45) is 4.83. The topological polar surface area (TPSA) is 126 Å². The van der Waals surface area contributed by atoms with Gasteiger partial charge in [0.05, 0.1) is 12.2 Å². The quantitative estimate of drug-likeness (QED) is 0.393. The van der Waals surface area contributed by atoms with Crippen LogP contribution in [-0.2, 0) is 16.0 Å². The SMILES string of the molecule is COCCCOc1cc(CCC(=O)N=C(N)N)ccc1-c1ncccn1. The van der Waals surface area contributed by atoms with Crippen LogP contribution in [0.1, 0.15) is 18.4 Å². The lowest BCUT2D eigenvalue weighted by Gasteiger charge is -2.12. The molecule has 0 atom stereocenters. The molecule has 0 spiro atoms. The second-order valence-electron chi connectivity index (χ2n) is 5.53. The molecule has 0 aliphatic rings. The van der Waals surface area contributed by atoms with Crippen LogP contribution in [0.5, 0.6) is 5.75 Å². The highest BCUT2D eigenvalue weighted by Crippen LogP contribution is 2.29. The number of aryl methyl sites for hydroxylation is 1. The van der Waals surface area contributed by atoms with Crippen molar-refractivity contribution in [2.45, 2.75) is 19.3 Å². The minimum absolute atomic E-state index is 0.211. The summed E-state index contributed by atoms with van der Waals surface area (Å²) < 4.78 is 10.9. The maximum atomic E-state index is 11.6. The number of hydrogen-bond acceptors (Lipinski definition) is 5. The van der Waals surface area contributed by atoms with Crippen molar-refractivity contribution in [3.63, 3.8) is 0 Å². The number of benzene rings is 1. The van der Waals surface area contributed by atoms with E-state index < -0.39 is 0 Å². The molecule has 8 heteroatoms. The van der Waals surface area contributed by atoms with E-state index in [1.807, 2.05) is 18.2 Å². The van der Waals surface area contributed by atoms with Gasteiger partial charge in [-0.3, -0.25) is 4.79 Å². The van der Waals surface area contributed by atoms with Crippen LogP contribution < -0.4 is 16.2 Å². The Morgan fingerprint density at radius 3 is 2.65 bits per heavy atom. The number of aliphatic imine (C=N–C) groups is 1. The maximum Gasteiger partial charge on any atom is 0.249 e. The first kappa shape index (κ1) is 19.3. The predicted octanol–water partition coefficient (Wildman–Crippen LogP) is 1.29. The Bertz CT molecular complexity index is 746. The van der Waals surface area contributed by atoms with Gasteiger partial charge in [0, 0.05) is 39.0 Å². The highest BCUT2D eigenvalue weighted by molar-refractivity contribution is 5.91. The molecule has 8 nitrogen and oxygen atoms in total. The zero-order valence-electron chi connectivity index (χ0n) is 14.7. The summed E-state index contributed by atoms with van der Waals surface area (Å²) in [7, 11) is 1.65. The minimum Gasteiger partial charge on any atom is -0.493 e. The molecule has 1 aromatic heterocycles. The van der Waals surface area contributed by atoms with E-state index in [-0.39, 0.29) is 18.3 Å². The molecule has 4 N–H and O–H groups in total. The van der Waals surface area contributed by atoms with Gasteiger partial charge >= 0.3 is 0 Å². The number of nitrogens with zero attached hydrogens (tertiary/aromatic N) is 3. The highest BCUT2D eigenvalue weighted by atomic mass is 16.5. The number of nitrogens with two attached hydrogens (primary N) is 2. The first-order valence-corrected chi connectivity index (χ1v) is 8.24. The molecule has 0 radical (unpaired) electrons. The third kappa shape index (κ3) is 6.14. The van der Waals surface area contributed by atoms with Gasteiger partial charge in [0.1, 0.15) is 5.75 Å². The molecule has 0 bridgehead atoms. The van der Waals surface area contributed by atoms with Gasteiger partial charge in [-0.2, -0.15) is 4.99 Å². The molecular weight excluding hydrogens is 334 g/mol. The largest absolute Gasteiger partial charge is 0.493 e. The third-order valence-electron chi connectivity index (χ3n) is 3.48. The van der Waals surface area contributed by atoms with Crippen molar-refractivity contribution < 1.29 is 14.3 Å². The number of methoxy groups -OCH3 is 1. The molecule has 0 aliphatic carbocycles. The number of carbonyl (C=O) groups excluding carboxylic acids is 1. The minimum atomic E-state index is -0.358. The van der Waals surface area contributed by atoms with E-state index in [4.69, 9.17) is 20.9 Å². The first-order chi connectivity index (χ1) is 12.6. The van der Waals surface area contributed by atoms with Gasteiger partial charge in [-0.05, 0) is 30.2 Å². The van der Waals surface area contributed by atoms with Crippen LogP contribution in [-0.4, -0.2) is 42.2 Å². The Hall–Kier alpha value is -3.00. The molecule has 1 aromatic carbocycles. The molecule has 0 aliphatic heterocycles. The second-order valence-corrected chi connectivity index (χ2v) is 5.53. The van der Waals surface area contributed by atoms with Crippen molar-refractivity contribution in [3.05, 3.63) is 42.2 Å². The summed E-state index contributed by atoms with van der Waals surface area (Å²) in [4.78, 5) is 23.7. The lowest BCUT2D eigenvalue weighted by atomic mass is 10.1. The number of aromatic nitrogens is 2. The third-order valence-corrected chi connectivity index (χ3v) is 3.48. The summed E-state index contributed by atoms with van der Waals surface area (Å²) in [5, 5.41) is 0. The molecule has 138 valence electrons. The van der Waals surface area contributed by atoms with Gasteiger partial charge < -0.3 is 20.9 Å². The van der Waals surface area contributed by atoms with Crippen LogP contribution in [0.25, 0.3) is 11.4 Å². The number of carbonyl (C=O) groups is 1. The monoisotopic (exact) mass is 357 g/mol. The van der Waals surface area contributed by atoms with Gasteiger partial charge in [-0.1, -0.05) is 6.07 Å². The molecule has 1 amide bonds. The van der Waals surface area contributed by atoms with E-state index in [9.17, 15) is 4.79 Å². The number of hydrogen-bond donors (Lipinski definition) is 2. The average molecular weight is 357 g/mol. The number of rotatable bonds is 9. The predicted molar refractivity (Wildman–Crippen MR) is 98.6 cm³/mol. The van der Waals surface area contributed by atoms with Crippen molar-refractivity contribution in [2.24, 2.45) is 16.5 Å². The van der Waals surface area contributed by atoms with Crippen molar-refractivity contribution in [1.82, 2.24) is 9.97 Å². The number of ether oxygens (including phenoxy) is 2. The van der Waals surface area contributed by atoms with E-state index >= 15 is 0 Å². The van der Waals surface area contributed by atoms with Crippen molar-refractivity contribution in [2.75, 3.05) is 20.3 Å². The summed E-state index contributed by atoms with van der Waals surface area (Å²) in [5.41, 5.74) is 12.2. The van der Waals surface area contributed by atoms with Crippen molar-refractivity contribution >= 4 is 11.9 Å². The van der Waals surface area contributed by atoms with Gasteiger partial charge in [0.2, 0.25) is 5.91 Å². The molecule has 2 rings (SSSR count). The summed E-state index contributed by atoms with van der Waals surface area (Å²) >= 11 is 0. The first-order valence-electron chi connectivity index (χ1n) is 8.24. The molecular formula is C18H23N5O3. The Morgan fingerprint density at radius 1 is 1.19 bits per heavy atom. The normalized spacial score (nSPS) is 10.3. The highest BCUT2D eigenvalue weighted by Gasteiger charge is 2.11. The van der Waals surface area contributed by atoms with E-state index in [0.29, 0.717) is 31.2 Å². The summed E-state index contributed by atoms with van der Waals surface area (Å²) in [6.45, 7) is 1.12. The Balaban J connectivity index is 2.16. The van der Waals surface area contributed by atoms with E-state index in [2.05, 4.69) is 15.0 Å². The van der Waals surface area contributed by atoms with E-state index in [1.165, 1.54) is 0 Å². The smallest absolute Gasteiger partial charge is 0.249 e. The van der Waals surface area contributed by atoms with Crippen molar-refractivity contribution in [1.29, 1.82) is 0 Å². The Labute approximate surface area is 152 Å². The fourth-order valence-electron chi connectivity index (χ4n) is 2.30. The summed E-state index contributed by atoms with van der Waals surface area (Å²) in [6, 6.07) is 7.45. The summed E-state index contributed by atoms with van der Waals surface area (Å²) in [5.74, 6) is 0.660. The molecule has 26 heavy (non-hydrogen) atoms. The molecule has 1 heterocycles. The van der Waals surface area contributed by atoms with Gasteiger partial charge in [0.15, 0.2) is 11.8 Å². The molecule has 2 aromatic rings. The number of guanidine groups is 1. The van der Waals surface area contributed by atoms with E-state index in [0.717, 1.165) is 17.5 Å². The van der Waals surface area contributed by atoms with Crippen LogP contribution in [0.2, 0.25) is 0 Å². The van der Waals surface area contributed by atoms with Crippen LogP contribution in [0.4, 0.5) is 0 Å². The Morgan fingerprint density at radius 2 is 1.96 bits per heavy atom. The fourth-order valence-corrected chi connectivity index (χ4v) is 2.30. The molecule has 0 fully saturated rings.